The van der Waals surface area contributed by atoms with E-state index in [0.717, 1.165) is 30.3 Å². The summed E-state index contributed by atoms with van der Waals surface area (Å²) in [4.78, 5) is 14.5. The normalized spacial score (nSPS) is 17.0. The minimum atomic E-state index is -0.332. The van der Waals surface area contributed by atoms with Crippen molar-refractivity contribution in [2.45, 2.75) is 46.6 Å². The van der Waals surface area contributed by atoms with Crippen LogP contribution in [0.15, 0.2) is 42.5 Å². The Bertz CT molecular complexity index is 913. The fourth-order valence-corrected chi connectivity index (χ4v) is 4.22. The standard InChI is InChI=1S/C25H33N3O2S/c1-5-30-24(29)21-9-8-18(3)23(15-21)27-25(31)26-19(4)20-10-12-22(13-11-20)28-14-6-7-17(2)16-28/h8-13,15,17,19H,5-7,14,16H2,1-4H3,(H2,26,27,31)/t17-,19+/m0/s1. The molecule has 0 saturated carbocycles. The first-order valence-electron chi connectivity index (χ1n) is 11.1. The van der Waals surface area contributed by atoms with Crippen LogP contribution in [0.1, 0.15) is 61.1 Å². The van der Waals surface area contributed by atoms with Gasteiger partial charge in [0, 0.05) is 24.5 Å². The maximum absolute atomic E-state index is 12.0. The molecule has 2 atom stereocenters. The molecule has 0 spiro atoms. The van der Waals surface area contributed by atoms with E-state index >= 15 is 0 Å². The Morgan fingerprint density at radius 2 is 2.00 bits per heavy atom. The number of esters is 1. The Morgan fingerprint density at radius 3 is 2.68 bits per heavy atom. The zero-order valence-electron chi connectivity index (χ0n) is 18.9. The molecule has 1 heterocycles. The molecule has 2 aromatic carbocycles. The minimum Gasteiger partial charge on any atom is -0.462 e. The number of nitrogens with zero attached hydrogens (tertiary/aromatic N) is 1. The summed E-state index contributed by atoms with van der Waals surface area (Å²) in [6, 6.07) is 14.2. The molecule has 166 valence electrons. The number of nitrogens with one attached hydrogen (secondary N) is 2. The number of thiocarbonyl (C=S) groups is 1. The summed E-state index contributed by atoms with van der Waals surface area (Å²) in [7, 11) is 0. The van der Waals surface area contributed by atoms with Crippen molar-refractivity contribution in [2.75, 3.05) is 29.9 Å². The highest BCUT2D eigenvalue weighted by Gasteiger charge is 2.17. The largest absolute Gasteiger partial charge is 0.462 e. The lowest BCUT2D eigenvalue weighted by atomic mass is 9.99. The molecule has 0 radical (unpaired) electrons. The number of ether oxygens (including phenoxy) is 1. The van der Waals surface area contributed by atoms with E-state index in [1.165, 1.54) is 24.1 Å². The van der Waals surface area contributed by atoms with Gasteiger partial charge in [0.1, 0.15) is 0 Å². The first-order chi connectivity index (χ1) is 14.9. The highest BCUT2D eigenvalue weighted by molar-refractivity contribution is 7.80. The third-order valence-corrected chi connectivity index (χ3v) is 5.98. The quantitative estimate of drug-likeness (QED) is 0.461. The molecule has 0 unspecified atom stereocenters. The number of piperidine rings is 1. The molecule has 3 rings (SSSR count). The van der Waals surface area contributed by atoms with Gasteiger partial charge in [-0.3, -0.25) is 0 Å². The van der Waals surface area contributed by atoms with Crippen molar-refractivity contribution in [3.63, 3.8) is 0 Å². The average Bonchev–Trinajstić information content (AvgIpc) is 2.75. The highest BCUT2D eigenvalue weighted by Crippen LogP contribution is 2.25. The van der Waals surface area contributed by atoms with Crippen LogP contribution in [0.3, 0.4) is 0 Å². The molecule has 0 aromatic heterocycles. The fourth-order valence-electron chi connectivity index (χ4n) is 3.93. The Labute approximate surface area is 191 Å². The second-order valence-electron chi connectivity index (χ2n) is 8.36. The third kappa shape index (κ3) is 6.20. The summed E-state index contributed by atoms with van der Waals surface area (Å²) in [6.07, 6.45) is 2.58. The van der Waals surface area contributed by atoms with E-state index in [9.17, 15) is 4.79 Å². The Kier molecular flexibility index (Phi) is 7.91. The number of anilines is 2. The highest BCUT2D eigenvalue weighted by atomic mass is 32.1. The monoisotopic (exact) mass is 439 g/mol. The van der Waals surface area contributed by atoms with E-state index < -0.39 is 0 Å². The third-order valence-electron chi connectivity index (χ3n) is 5.76. The number of hydrogen-bond acceptors (Lipinski definition) is 4. The van der Waals surface area contributed by atoms with Crippen LogP contribution in [0, 0.1) is 12.8 Å². The molecule has 1 fully saturated rings. The van der Waals surface area contributed by atoms with E-state index in [-0.39, 0.29) is 12.0 Å². The van der Waals surface area contributed by atoms with Crippen LogP contribution >= 0.6 is 12.2 Å². The van der Waals surface area contributed by atoms with Crippen LogP contribution in [-0.2, 0) is 4.74 Å². The van der Waals surface area contributed by atoms with Crippen molar-refractivity contribution in [2.24, 2.45) is 5.92 Å². The van der Waals surface area contributed by atoms with Gasteiger partial charge < -0.3 is 20.3 Å². The second-order valence-corrected chi connectivity index (χ2v) is 8.76. The van der Waals surface area contributed by atoms with Gasteiger partial charge in [-0.25, -0.2) is 4.79 Å². The summed E-state index contributed by atoms with van der Waals surface area (Å²) in [6.45, 7) is 10.8. The lowest BCUT2D eigenvalue weighted by molar-refractivity contribution is 0.0526. The molecule has 0 amide bonds. The van der Waals surface area contributed by atoms with Gasteiger partial charge in [0.15, 0.2) is 5.11 Å². The van der Waals surface area contributed by atoms with E-state index in [0.29, 0.717) is 17.3 Å². The van der Waals surface area contributed by atoms with Crippen LogP contribution in [-0.4, -0.2) is 30.8 Å². The average molecular weight is 440 g/mol. The van der Waals surface area contributed by atoms with Crippen LogP contribution in [0.5, 0.6) is 0 Å². The zero-order chi connectivity index (χ0) is 22.4. The molecule has 2 aromatic rings. The van der Waals surface area contributed by atoms with E-state index in [2.05, 4.69) is 53.6 Å². The first-order valence-corrected chi connectivity index (χ1v) is 11.5. The van der Waals surface area contributed by atoms with E-state index in [4.69, 9.17) is 17.0 Å². The molecule has 0 bridgehead atoms. The molecule has 6 heteroatoms. The SMILES string of the molecule is CCOC(=O)c1ccc(C)c(NC(=S)N[C@H](C)c2ccc(N3CCC[C@H](C)C3)cc2)c1. The van der Waals surface area contributed by atoms with Gasteiger partial charge in [-0.2, -0.15) is 0 Å². The van der Waals surface area contributed by atoms with Crippen molar-refractivity contribution in [3.8, 4) is 0 Å². The van der Waals surface area contributed by atoms with Crippen molar-refractivity contribution >= 4 is 34.7 Å². The predicted molar refractivity (Wildman–Crippen MR) is 132 cm³/mol. The maximum atomic E-state index is 12.0. The van der Waals surface area contributed by atoms with Crippen molar-refractivity contribution in [3.05, 3.63) is 59.2 Å². The number of aryl methyl sites for hydroxylation is 1. The molecule has 1 aliphatic heterocycles. The topological polar surface area (TPSA) is 53.6 Å². The van der Waals surface area contributed by atoms with Gasteiger partial charge in [-0.15, -0.1) is 0 Å². The Balaban J connectivity index is 1.60. The number of carbonyl (C=O) groups is 1. The molecule has 1 saturated heterocycles. The van der Waals surface area contributed by atoms with Crippen molar-refractivity contribution in [1.29, 1.82) is 0 Å². The molecule has 5 nitrogen and oxygen atoms in total. The minimum absolute atomic E-state index is 0.0582. The zero-order valence-corrected chi connectivity index (χ0v) is 19.7. The molecular weight excluding hydrogens is 406 g/mol. The lowest BCUT2D eigenvalue weighted by Gasteiger charge is -2.33. The number of hydrogen-bond donors (Lipinski definition) is 2. The molecule has 2 N–H and O–H groups in total. The van der Waals surface area contributed by atoms with Crippen LogP contribution in [0.25, 0.3) is 0 Å². The van der Waals surface area contributed by atoms with E-state index in [1.54, 1.807) is 19.1 Å². The molecule has 31 heavy (non-hydrogen) atoms. The number of benzene rings is 2. The van der Waals surface area contributed by atoms with Crippen LogP contribution in [0.4, 0.5) is 11.4 Å². The summed E-state index contributed by atoms with van der Waals surface area (Å²) < 4.78 is 5.09. The molecular formula is C25H33N3O2S. The van der Waals surface area contributed by atoms with Gasteiger partial charge >= 0.3 is 5.97 Å². The van der Waals surface area contributed by atoms with Crippen molar-refractivity contribution in [1.82, 2.24) is 5.32 Å². The summed E-state index contributed by atoms with van der Waals surface area (Å²) in [5, 5.41) is 7.08. The second kappa shape index (κ2) is 10.6. The van der Waals surface area contributed by atoms with Gasteiger partial charge in [-0.1, -0.05) is 25.1 Å². The summed E-state index contributed by atoms with van der Waals surface area (Å²) >= 11 is 5.53. The van der Waals surface area contributed by atoms with Crippen LogP contribution in [0.2, 0.25) is 0 Å². The van der Waals surface area contributed by atoms with Crippen molar-refractivity contribution < 1.29 is 9.53 Å². The number of rotatable bonds is 6. The summed E-state index contributed by atoms with van der Waals surface area (Å²) in [5.74, 6) is 0.421. The first kappa shape index (κ1) is 23.1. The van der Waals surface area contributed by atoms with Gasteiger partial charge in [-0.05, 0) is 87.1 Å². The van der Waals surface area contributed by atoms with Gasteiger partial charge in [0.05, 0.1) is 18.2 Å². The maximum Gasteiger partial charge on any atom is 0.338 e. The number of carbonyl (C=O) groups excluding carboxylic acids is 1. The Hall–Kier alpha value is -2.60. The van der Waals surface area contributed by atoms with Gasteiger partial charge in [0.25, 0.3) is 0 Å². The molecule has 0 aliphatic carbocycles. The van der Waals surface area contributed by atoms with Gasteiger partial charge in [0.2, 0.25) is 0 Å². The lowest BCUT2D eigenvalue weighted by Crippen LogP contribution is -2.34. The Morgan fingerprint density at radius 1 is 1.26 bits per heavy atom. The smallest absolute Gasteiger partial charge is 0.338 e. The molecule has 1 aliphatic rings. The van der Waals surface area contributed by atoms with Crippen LogP contribution < -0.4 is 15.5 Å². The predicted octanol–water partition coefficient (Wildman–Crippen LogP) is 5.46. The fraction of sp³-hybridized carbons (Fsp3) is 0.440. The summed E-state index contributed by atoms with van der Waals surface area (Å²) in [5.41, 5.74) is 4.77. The van der Waals surface area contributed by atoms with E-state index in [1.807, 2.05) is 13.0 Å².